The van der Waals surface area contributed by atoms with Crippen LogP contribution in [0.25, 0.3) is 0 Å². The summed E-state index contributed by atoms with van der Waals surface area (Å²) >= 11 is 1.45. The third-order valence-electron chi connectivity index (χ3n) is 4.49. The number of nitrogens with zero attached hydrogens (tertiary/aromatic N) is 2. The Labute approximate surface area is 151 Å². The van der Waals surface area contributed by atoms with Crippen molar-refractivity contribution in [3.63, 3.8) is 0 Å². The number of amides is 2. The summed E-state index contributed by atoms with van der Waals surface area (Å²) in [6, 6.07) is 9.53. The van der Waals surface area contributed by atoms with Crippen LogP contribution in [-0.4, -0.2) is 54.4 Å². The molecule has 2 aromatic rings. The third kappa shape index (κ3) is 4.20. The number of hydrogen-bond acceptors (Lipinski definition) is 4. The molecule has 1 saturated heterocycles. The van der Waals surface area contributed by atoms with Crippen LogP contribution in [0.2, 0.25) is 0 Å². The van der Waals surface area contributed by atoms with Crippen LogP contribution in [0, 0.1) is 13.8 Å². The van der Waals surface area contributed by atoms with Crippen LogP contribution in [0.4, 0.5) is 0 Å². The van der Waals surface area contributed by atoms with Crippen LogP contribution in [0.1, 0.15) is 20.8 Å². The van der Waals surface area contributed by atoms with E-state index in [1.807, 2.05) is 49.6 Å². The van der Waals surface area contributed by atoms with Crippen LogP contribution in [0.3, 0.4) is 0 Å². The van der Waals surface area contributed by atoms with E-state index >= 15 is 0 Å². The standard InChI is InChI=1S/C19H22N2O3S/c1-14-5-6-16(12-15(14)2)24-13-18(22)20-7-9-21(10-8-20)19(23)17-4-3-11-25-17/h3-6,11-12H,7-10,13H2,1-2H3. The summed E-state index contributed by atoms with van der Waals surface area (Å²) in [5.74, 6) is 0.720. The number of benzene rings is 1. The zero-order valence-corrected chi connectivity index (χ0v) is 15.3. The van der Waals surface area contributed by atoms with Gasteiger partial charge in [-0.1, -0.05) is 12.1 Å². The topological polar surface area (TPSA) is 49.9 Å². The number of ether oxygens (including phenoxy) is 1. The van der Waals surface area contributed by atoms with E-state index in [1.165, 1.54) is 16.9 Å². The Hall–Kier alpha value is -2.34. The van der Waals surface area contributed by atoms with Crippen molar-refractivity contribution in [1.29, 1.82) is 0 Å². The lowest BCUT2D eigenvalue weighted by Crippen LogP contribution is -2.51. The number of hydrogen-bond donors (Lipinski definition) is 0. The summed E-state index contributed by atoms with van der Waals surface area (Å²) < 4.78 is 5.62. The monoisotopic (exact) mass is 358 g/mol. The molecule has 1 aliphatic heterocycles. The molecule has 0 aliphatic carbocycles. The average molecular weight is 358 g/mol. The predicted molar refractivity (Wildman–Crippen MR) is 98.2 cm³/mol. The molecule has 2 amide bonds. The number of aryl methyl sites for hydroxylation is 2. The van der Waals surface area contributed by atoms with Gasteiger partial charge in [0, 0.05) is 26.2 Å². The van der Waals surface area contributed by atoms with Gasteiger partial charge in [-0.3, -0.25) is 9.59 Å². The molecule has 1 fully saturated rings. The Morgan fingerprint density at radius 2 is 1.76 bits per heavy atom. The maximum atomic E-state index is 12.3. The van der Waals surface area contributed by atoms with Gasteiger partial charge in [0.15, 0.2) is 6.61 Å². The molecule has 0 spiro atoms. The first-order valence-electron chi connectivity index (χ1n) is 8.35. The Kier molecular flexibility index (Phi) is 5.38. The summed E-state index contributed by atoms with van der Waals surface area (Å²) in [4.78, 5) is 29.0. The van der Waals surface area contributed by atoms with Crippen LogP contribution in [-0.2, 0) is 4.79 Å². The Morgan fingerprint density at radius 3 is 2.40 bits per heavy atom. The van der Waals surface area contributed by atoms with Crippen LogP contribution in [0.5, 0.6) is 5.75 Å². The van der Waals surface area contributed by atoms with Crippen LogP contribution >= 0.6 is 11.3 Å². The van der Waals surface area contributed by atoms with E-state index in [0.29, 0.717) is 31.9 Å². The number of carbonyl (C=O) groups excluding carboxylic acids is 2. The summed E-state index contributed by atoms with van der Waals surface area (Å²) in [5.41, 5.74) is 2.34. The normalized spacial score (nSPS) is 14.5. The van der Waals surface area contributed by atoms with Crippen molar-refractivity contribution in [3.8, 4) is 5.75 Å². The zero-order valence-electron chi connectivity index (χ0n) is 14.5. The first kappa shape index (κ1) is 17.5. The Morgan fingerprint density at radius 1 is 1.04 bits per heavy atom. The lowest BCUT2D eigenvalue weighted by Gasteiger charge is -2.34. The molecule has 5 nitrogen and oxygen atoms in total. The van der Waals surface area contributed by atoms with E-state index in [9.17, 15) is 9.59 Å². The van der Waals surface area contributed by atoms with Crippen molar-refractivity contribution >= 4 is 23.2 Å². The van der Waals surface area contributed by atoms with Gasteiger partial charge in [-0.25, -0.2) is 0 Å². The van der Waals surface area contributed by atoms with Crippen molar-refractivity contribution in [2.24, 2.45) is 0 Å². The summed E-state index contributed by atoms with van der Waals surface area (Å²) in [5, 5.41) is 1.90. The largest absolute Gasteiger partial charge is 0.484 e. The van der Waals surface area contributed by atoms with Gasteiger partial charge in [0.2, 0.25) is 0 Å². The average Bonchev–Trinajstić information content (AvgIpc) is 3.16. The molecule has 6 heteroatoms. The lowest BCUT2D eigenvalue weighted by molar-refractivity contribution is -0.134. The van der Waals surface area contributed by atoms with Crippen LogP contribution < -0.4 is 4.74 Å². The molecule has 3 rings (SSSR count). The molecule has 0 atom stereocenters. The lowest BCUT2D eigenvalue weighted by atomic mass is 10.1. The number of rotatable bonds is 4. The van der Waals surface area contributed by atoms with E-state index < -0.39 is 0 Å². The van der Waals surface area contributed by atoms with E-state index in [-0.39, 0.29) is 18.4 Å². The number of carbonyl (C=O) groups is 2. The van der Waals surface area contributed by atoms with Gasteiger partial charge in [0.05, 0.1) is 4.88 Å². The first-order valence-corrected chi connectivity index (χ1v) is 9.23. The minimum Gasteiger partial charge on any atom is -0.484 e. The molecule has 0 radical (unpaired) electrons. The van der Waals surface area contributed by atoms with E-state index in [0.717, 1.165) is 10.4 Å². The van der Waals surface area contributed by atoms with Gasteiger partial charge >= 0.3 is 0 Å². The molecule has 0 bridgehead atoms. The second-order valence-corrected chi connectivity index (χ2v) is 7.13. The Bertz CT molecular complexity index is 750. The van der Waals surface area contributed by atoms with Gasteiger partial charge < -0.3 is 14.5 Å². The minimum absolute atomic E-state index is 0.0291. The van der Waals surface area contributed by atoms with E-state index in [1.54, 1.807) is 9.80 Å². The van der Waals surface area contributed by atoms with Crippen molar-refractivity contribution in [3.05, 3.63) is 51.7 Å². The predicted octanol–water partition coefficient (Wildman–Crippen LogP) is 2.73. The van der Waals surface area contributed by atoms with Crippen LogP contribution in [0.15, 0.2) is 35.7 Å². The highest BCUT2D eigenvalue weighted by atomic mass is 32.1. The van der Waals surface area contributed by atoms with Crippen molar-refractivity contribution < 1.29 is 14.3 Å². The molecular formula is C19H22N2O3S. The van der Waals surface area contributed by atoms with Crippen molar-refractivity contribution in [2.45, 2.75) is 13.8 Å². The molecule has 1 aromatic heterocycles. The molecule has 1 aromatic carbocycles. The molecule has 0 N–H and O–H groups in total. The molecule has 1 aliphatic rings. The van der Waals surface area contributed by atoms with E-state index in [2.05, 4.69) is 0 Å². The fourth-order valence-electron chi connectivity index (χ4n) is 2.76. The minimum atomic E-state index is -0.0403. The van der Waals surface area contributed by atoms with Crippen molar-refractivity contribution in [2.75, 3.05) is 32.8 Å². The quantitative estimate of drug-likeness (QED) is 0.844. The third-order valence-corrected chi connectivity index (χ3v) is 5.35. The number of thiophene rings is 1. The summed E-state index contributed by atoms with van der Waals surface area (Å²) in [6.45, 7) is 6.31. The highest BCUT2D eigenvalue weighted by Crippen LogP contribution is 2.17. The SMILES string of the molecule is Cc1ccc(OCC(=O)N2CCN(C(=O)c3cccs3)CC2)cc1C. The van der Waals surface area contributed by atoms with Gasteiger partial charge in [0.1, 0.15) is 5.75 Å². The highest BCUT2D eigenvalue weighted by Gasteiger charge is 2.25. The zero-order chi connectivity index (χ0) is 17.8. The maximum absolute atomic E-state index is 12.3. The molecule has 0 saturated carbocycles. The van der Waals surface area contributed by atoms with Gasteiger partial charge in [-0.15, -0.1) is 11.3 Å². The number of piperazine rings is 1. The summed E-state index contributed by atoms with van der Waals surface area (Å²) in [7, 11) is 0. The second kappa shape index (κ2) is 7.70. The van der Waals surface area contributed by atoms with Gasteiger partial charge in [-0.2, -0.15) is 0 Å². The second-order valence-electron chi connectivity index (χ2n) is 6.19. The van der Waals surface area contributed by atoms with Gasteiger partial charge in [0.25, 0.3) is 11.8 Å². The molecule has 132 valence electrons. The maximum Gasteiger partial charge on any atom is 0.264 e. The fraction of sp³-hybridized carbons (Fsp3) is 0.368. The molecular weight excluding hydrogens is 336 g/mol. The smallest absolute Gasteiger partial charge is 0.264 e. The fourth-order valence-corrected chi connectivity index (χ4v) is 3.45. The molecule has 2 heterocycles. The summed E-state index contributed by atoms with van der Waals surface area (Å²) in [6.07, 6.45) is 0. The highest BCUT2D eigenvalue weighted by molar-refractivity contribution is 7.12. The molecule has 0 unspecified atom stereocenters. The van der Waals surface area contributed by atoms with E-state index in [4.69, 9.17) is 4.74 Å². The first-order chi connectivity index (χ1) is 12.0. The van der Waals surface area contributed by atoms with Crippen molar-refractivity contribution in [1.82, 2.24) is 9.80 Å². The molecule has 25 heavy (non-hydrogen) atoms. The Balaban J connectivity index is 1.48. The van der Waals surface area contributed by atoms with Gasteiger partial charge in [-0.05, 0) is 48.6 Å².